The smallest absolute Gasteiger partial charge is 0.310 e. The largest absolute Gasteiger partial charge is 0.494 e. The van der Waals surface area contributed by atoms with Crippen molar-refractivity contribution in [2.75, 3.05) is 13.7 Å². The van der Waals surface area contributed by atoms with Crippen LogP contribution in [-0.4, -0.2) is 30.6 Å². The molecule has 0 saturated heterocycles. The summed E-state index contributed by atoms with van der Waals surface area (Å²) in [4.78, 5) is 22.6. The van der Waals surface area contributed by atoms with Crippen molar-refractivity contribution < 1.29 is 23.8 Å². The van der Waals surface area contributed by atoms with Crippen LogP contribution in [0.5, 0.6) is 5.75 Å². The van der Waals surface area contributed by atoms with Crippen LogP contribution in [0.3, 0.4) is 0 Å². The first-order chi connectivity index (χ1) is 9.76. The molecule has 5 nitrogen and oxygen atoms in total. The number of nitrogens with one attached hydrogen (secondary N) is 1. The van der Waals surface area contributed by atoms with Crippen molar-refractivity contribution in [3.63, 3.8) is 0 Å². The van der Waals surface area contributed by atoms with Crippen LogP contribution in [0.4, 0.5) is 4.39 Å². The molecule has 0 unspecified atom stereocenters. The standard InChI is InChI=1S/C15H20FNO4/c1-15(2,14(19)20)9-17-13(18)7-5-10-4-6-12(21-3)11(16)8-10/h4,6,8H,5,7,9H2,1-3H3,(H,17,18)(H,19,20). The molecule has 0 saturated carbocycles. The molecule has 6 heteroatoms. The number of hydrogen-bond donors (Lipinski definition) is 2. The monoisotopic (exact) mass is 297 g/mol. The SMILES string of the molecule is COc1ccc(CCC(=O)NCC(C)(C)C(=O)O)cc1F. The van der Waals surface area contributed by atoms with Crippen LogP contribution in [-0.2, 0) is 16.0 Å². The van der Waals surface area contributed by atoms with Gasteiger partial charge in [-0.2, -0.15) is 0 Å². The van der Waals surface area contributed by atoms with Gasteiger partial charge in [-0.15, -0.1) is 0 Å². The quantitative estimate of drug-likeness (QED) is 0.807. The van der Waals surface area contributed by atoms with Gasteiger partial charge < -0.3 is 15.2 Å². The second-order valence-corrected chi connectivity index (χ2v) is 5.43. The van der Waals surface area contributed by atoms with Gasteiger partial charge in [0.2, 0.25) is 5.91 Å². The van der Waals surface area contributed by atoms with E-state index in [2.05, 4.69) is 5.32 Å². The number of halogens is 1. The fourth-order valence-electron chi connectivity index (χ4n) is 1.61. The zero-order chi connectivity index (χ0) is 16.0. The molecule has 21 heavy (non-hydrogen) atoms. The molecule has 1 aromatic rings. The van der Waals surface area contributed by atoms with Gasteiger partial charge in [-0.05, 0) is 38.0 Å². The van der Waals surface area contributed by atoms with Gasteiger partial charge in [-0.1, -0.05) is 6.07 Å². The van der Waals surface area contributed by atoms with Gasteiger partial charge in [0.25, 0.3) is 0 Å². The number of aliphatic carboxylic acids is 1. The lowest BCUT2D eigenvalue weighted by atomic mass is 9.94. The molecule has 0 spiro atoms. The molecule has 0 aliphatic carbocycles. The van der Waals surface area contributed by atoms with Crippen molar-refractivity contribution in [1.82, 2.24) is 5.32 Å². The van der Waals surface area contributed by atoms with Gasteiger partial charge in [0.15, 0.2) is 11.6 Å². The Morgan fingerprint density at radius 3 is 2.57 bits per heavy atom. The van der Waals surface area contributed by atoms with E-state index in [1.165, 1.54) is 33.1 Å². The molecule has 0 aromatic heterocycles. The molecule has 1 aromatic carbocycles. The zero-order valence-corrected chi connectivity index (χ0v) is 12.4. The van der Waals surface area contributed by atoms with Gasteiger partial charge in [0, 0.05) is 13.0 Å². The number of rotatable bonds is 7. The van der Waals surface area contributed by atoms with Crippen LogP contribution in [0, 0.1) is 11.2 Å². The number of carboxylic acids is 1. The van der Waals surface area contributed by atoms with E-state index in [-0.39, 0.29) is 24.6 Å². The second kappa shape index (κ2) is 7.06. The van der Waals surface area contributed by atoms with Crippen LogP contribution < -0.4 is 10.1 Å². The van der Waals surface area contributed by atoms with Gasteiger partial charge >= 0.3 is 5.97 Å². The highest BCUT2D eigenvalue weighted by Crippen LogP contribution is 2.18. The zero-order valence-electron chi connectivity index (χ0n) is 12.4. The summed E-state index contributed by atoms with van der Waals surface area (Å²) in [6.45, 7) is 3.13. The summed E-state index contributed by atoms with van der Waals surface area (Å²) in [5, 5.41) is 11.5. The Labute approximate surface area is 123 Å². The maximum absolute atomic E-state index is 13.5. The number of carbonyl (C=O) groups excluding carboxylic acids is 1. The molecular formula is C15H20FNO4. The van der Waals surface area contributed by atoms with Gasteiger partial charge in [-0.3, -0.25) is 9.59 Å². The minimum atomic E-state index is -1.01. The summed E-state index contributed by atoms with van der Waals surface area (Å²) in [5.74, 6) is -1.55. The summed E-state index contributed by atoms with van der Waals surface area (Å²) in [7, 11) is 1.38. The van der Waals surface area contributed by atoms with E-state index >= 15 is 0 Å². The van der Waals surface area contributed by atoms with E-state index in [1.54, 1.807) is 6.07 Å². The molecule has 1 rings (SSSR count). The van der Waals surface area contributed by atoms with E-state index in [0.29, 0.717) is 12.0 Å². The highest BCUT2D eigenvalue weighted by molar-refractivity contribution is 5.78. The third kappa shape index (κ3) is 5.06. The van der Waals surface area contributed by atoms with E-state index in [0.717, 1.165) is 0 Å². The topological polar surface area (TPSA) is 75.6 Å². The predicted molar refractivity (Wildman–Crippen MR) is 75.7 cm³/mol. The Morgan fingerprint density at radius 1 is 1.38 bits per heavy atom. The van der Waals surface area contributed by atoms with E-state index < -0.39 is 17.2 Å². The van der Waals surface area contributed by atoms with Crippen LogP contribution in [0.2, 0.25) is 0 Å². The average Bonchev–Trinajstić information content (AvgIpc) is 2.43. The Hall–Kier alpha value is -2.11. The minimum absolute atomic E-state index is 0.0537. The lowest BCUT2D eigenvalue weighted by Gasteiger charge is -2.19. The van der Waals surface area contributed by atoms with Gasteiger partial charge in [-0.25, -0.2) is 4.39 Å². The minimum Gasteiger partial charge on any atom is -0.494 e. The Kier molecular flexibility index (Phi) is 5.69. The first kappa shape index (κ1) is 16.9. The fraction of sp³-hybridized carbons (Fsp3) is 0.467. The van der Waals surface area contributed by atoms with Crippen molar-refractivity contribution >= 4 is 11.9 Å². The van der Waals surface area contributed by atoms with Crippen molar-refractivity contribution in [2.45, 2.75) is 26.7 Å². The Balaban J connectivity index is 2.47. The maximum atomic E-state index is 13.5. The molecule has 2 N–H and O–H groups in total. The van der Waals surface area contributed by atoms with Crippen LogP contribution in [0.15, 0.2) is 18.2 Å². The molecular weight excluding hydrogens is 277 g/mol. The maximum Gasteiger partial charge on any atom is 0.310 e. The number of carbonyl (C=O) groups is 2. The first-order valence-electron chi connectivity index (χ1n) is 6.59. The molecule has 0 bridgehead atoms. The molecule has 116 valence electrons. The molecule has 0 radical (unpaired) electrons. The van der Waals surface area contributed by atoms with E-state index in [9.17, 15) is 14.0 Å². The van der Waals surface area contributed by atoms with E-state index in [4.69, 9.17) is 9.84 Å². The first-order valence-corrected chi connectivity index (χ1v) is 6.59. The Bertz CT molecular complexity index is 528. The van der Waals surface area contributed by atoms with Gasteiger partial charge in [0.05, 0.1) is 12.5 Å². The Morgan fingerprint density at radius 2 is 2.05 bits per heavy atom. The summed E-state index contributed by atoms with van der Waals surface area (Å²) in [6.07, 6.45) is 0.543. The predicted octanol–water partition coefficient (Wildman–Crippen LogP) is 1.99. The third-order valence-corrected chi connectivity index (χ3v) is 3.16. The molecule has 0 fully saturated rings. The van der Waals surface area contributed by atoms with Crippen molar-refractivity contribution in [2.24, 2.45) is 5.41 Å². The average molecular weight is 297 g/mol. The number of hydrogen-bond acceptors (Lipinski definition) is 3. The highest BCUT2D eigenvalue weighted by Gasteiger charge is 2.27. The van der Waals surface area contributed by atoms with Gasteiger partial charge in [0.1, 0.15) is 0 Å². The molecule has 0 aliphatic heterocycles. The second-order valence-electron chi connectivity index (χ2n) is 5.43. The molecule has 1 amide bonds. The normalized spacial score (nSPS) is 11.0. The fourth-order valence-corrected chi connectivity index (χ4v) is 1.61. The van der Waals surface area contributed by atoms with Crippen LogP contribution in [0.1, 0.15) is 25.8 Å². The molecule has 0 aliphatic rings. The summed E-state index contributed by atoms with van der Waals surface area (Å²) < 4.78 is 18.3. The number of aryl methyl sites for hydroxylation is 1. The van der Waals surface area contributed by atoms with Crippen LogP contribution in [0.25, 0.3) is 0 Å². The number of methoxy groups -OCH3 is 1. The highest BCUT2D eigenvalue weighted by atomic mass is 19.1. The summed E-state index contributed by atoms with van der Waals surface area (Å²) >= 11 is 0. The summed E-state index contributed by atoms with van der Waals surface area (Å²) in [5.41, 5.74) is -0.331. The van der Waals surface area contributed by atoms with E-state index in [1.807, 2.05) is 0 Å². The number of ether oxygens (including phenoxy) is 1. The molecule has 0 heterocycles. The van der Waals surface area contributed by atoms with Crippen LogP contribution >= 0.6 is 0 Å². The van der Waals surface area contributed by atoms with Crippen molar-refractivity contribution in [1.29, 1.82) is 0 Å². The third-order valence-electron chi connectivity index (χ3n) is 3.16. The number of amides is 1. The number of carboxylic acid groups (broad SMARTS) is 1. The summed E-state index contributed by atoms with van der Waals surface area (Å²) in [6, 6.07) is 4.53. The molecule has 0 atom stereocenters. The lowest BCUT2D eigenvalue weighted by molar-refractivity contribution is -0.146. The van der Waals surface area contributed by atoms with Crippen molar-refractivity contribution in [3.05, 3.63) is 29.6 Å². The van der Waals surface area contributed by atoms with Crippen molar-refractivity contribution in [3.8, 4) is 5.75 Å². The number of benzene rings is 1. The lowest BCUT2D eigenvalue weighted by Crippen LogP contribution is -2.38.